The number of thioether (sulfide) groups is 1. The van der Waals surface area contributed by atoms with Gasteiger partial charge in [-0.2, -0.15) is 0 Å². The van der Waals surface area contributed by atoms with E-state index in [9.17, 15) is 9.90 Å². The largest absolute Gasteiger partial charge is 1.00 e. The number of furan rings is 1. The third kappa shape index (κ3) is 4.84. The van der Waals surface area contributed by atoms with Crippen molar-refractivity contribution < 1.29 is 48.6 Å². The van der Waals surface area contributed by atoms with Crippen LogP contribution in [0.1, 0.15) is 27.0 Å². The molecule has 0 saturated carbocycles. The van der Waals surface area contributed by atoms with Crippen molar-refractivity contribution in [3.05, 3.63) is 89.0 Å². The summed E-state index contributed by atoms with van der Waals surface area (Å²) < 4.78 is 12.1. The first-order valence-electron chi connectivity index (χ1n) is 10.9. The van der Waals surface area contributed by atoms with E-state index in [4.69, 9.17) is 14.1 Å². The van der Waals surface area contributed by atoms with Crippen LogP contribution in [0.5, 0.6) is 5.75 Å². The summed E-state index contributed by atoms with van der Waals surface area (Å²) in [6.45, 7) is 4.15. The van der Waals surface area contributed by atoms with E-state index in [1.54, 1.807) is 17.8 Å². The molecular weight excluding hydrogens is 469 g/mol. The van der Waals surface area contributed by atoms with Gasteiger partial charge in [-0.05, 0) is 61.6 Å². The Labute approximate surface area is 229 Å². The Balaban J connectivity index is 0.00000289. The van der Waals surface area contributed by atoms with Gasteiger partial charge in [-0.25, -0.2) is 4.98 Å². The number of aryl methyl sites for hydroxylation is 2. The molecule has 0 aliphatic carbocycles. The molecule has 0 atom stereocenters. The zero-order chi connectivity index (χ0) is 23.8. The van der Waals surface area contributed by atoms with Crippen LogP contribution in [0.2, 0.25) is 0 Å². The Morgan fingerprint density at radius 3 is 2.49 bits per heavy atom. The summed E-state index contributed by atoms with van der Waals surface area (Å²) in [5.74, 6) is -0.290. The van der Waals surface area contributed by atoms with Crippen molar-refractivity contribution in [3.63, 3.8) is 0 Å². The molecule has 0 bridgehead atoms. The van der Waals surface area contributed by atoms with Crippen molar-refractivity contribution in [2.45, 2.75) is 25.3 Å². The molecule has 170 valence electrons. The van der Waals surface area contributed by atoms with Crippen molar-refractivity contribution >= 4 is 39.6 Å². The Morgan fingerprint density at radius 1 is 1.06 bits per heavy atom. The van der Waals surface area contributed by atoms with E-state index in [0.29, 0.717) is 34.7 Å². The molecule has 35 heavy (non-hydrogen) atoms. The van der Waals surface area contributed by atoms with Gasteiger partial charge in [0.2, 0.25) is 0 Å². The minimum absolute atomic E-state index is 0. The third-order valence-electron chi connectivity index (χ3n) is 5.97. The second kappa shape index (κ2) is 10.5. The summed E-state index contributed by atoms with van der Waals surface area (Å²) in [7, 11) is 0. The fraction of sp³-hybridized carbons (Fsp3) is 0.143. The Bertz CT molecular complexity index is 1540. The molecule has 7 heteroatoms. The van der Waals surface area contributed by atoms with E-state index in [2.05, 4.69) is 0 Å². The number of aromatic carboxylic acids is 1. The molecule has 0 spiro atoms. The molecule has 0 fully saturated rings. The number of hydrogen-bond acceptors (Lipinski definition) is 6. The molecule has 3 aromatic carbocycles. The van der Waals surface area contributed by atoms with Crippen LogP contribution in [0.4, 0.5) is 0 Å². The van der Waals surface area contributed by atoms with Crippen molar-refractivity contribution in [2.75, 3.05) is 6.26 Å². The molecule has 0 amide bonds. The molecule has 5 nitrogen and oxygen atoms in total. The van der Waals surface area contributed by atoms with Gasteiger partial charge < -0.3 is 19.1 Å². The maximum absolute atomic E-state index is 12.2. The number of ether oxygens (including phenoxy) is 1. The van der Waals surface area contributed by atoms with Gasteiger partial charge in [-0.1, -0.05) is 36.4 Å². The predicted octanol–water partition coefficient (Wildman–Crippen LogP) is 2.93. The number of hydrogen-bond donors (Lipinski definition) is 0. The zero-order valence-electron chi connectivity index (χ0n) is 20.0. The summed E-state index contributed by atoms with van der Waals surface area (Å²) in [5, 5.41) is 13.6. The van der Waals surface area contributed by atoms with Crippen molar-refractivity contribution in [1.82, 2.24) is 4.98 Å². The number of carboxylic acid groups (broad SMARTS) is 1. The molecule has 2 heterocycles. The molecule has 2 aromatic heterocycles. The van der Waals surface area contributed by atoms with Crippen LogP contribution in [0.15, 0.2) is 76.0 Å². The van der Waals surface area contributed by atoms with E-state index in [0.717, 1.165) is 27.7 Å². The summed E-state index contributed by atoms with van der Waals surface area (Å²) >= 11 is 1.67. The summed E-state index contributed by atoms with van der Waals surface area (Å²) in [6.07, 6.45) is 2.03. The maximum atomic E-state index is 12.2. The minimum Gasteiger partial charge on any atom is -0.545 e. The molecule has 0 aliphatic rings. The van der Waals surface area contributed by atoms with Gasteiger partial charge in [0, 0.05) is 21.4 Å². The van der Waals surface area contributed by atoms with Gasteiger partial charge in [0.15, 0.2) is 5.76 Å². The number of aromatic nitrogens is 1. The number of carboxylic acids is 1. The SMILES string of the molecule is CSc1ccc(COc2ccc(C)c3nc(-c4oc5ccccc5c4C)cc(C(=O)[O-])c23)cc1.[Na+]. The van der Waals surface area contributed by atoms with E-state index < -0.39 is 5.97 Å². The molecule has 0 radical (unpaired) electrons. The number of nitrogens with zero attached hydrogens (tertiary/aromatic N) is 1. The number of carbonyl (C=O) groups excluding carboxylic acids is 1. The average molecular weight is 492 g/mol. The van der Waals surface area contributed by atoms with E-state index in [1.807, 2.05) is 74.7 Å². The predicted molar refractivity (Wildman–Crippen MR) is 133 cm³/mol. The molecule has 5 rings (SSSR count). The maximum Gasteiger partial charge on any atom is 1.00 e. The van der Waals surface area contributed by atoms with Gasteiger partial charge in [-0.3, -0.25) is 0 Å². The summed E-state index contributed by atoms with van der Waals surface area (Å²) in [4.78, 5) is 18.2. The van der Waals surface area contributed by atoms with E-state index >= 15 is 0 Å². The van der Waals surface area contributed by atoms with Crippen molar-refractivity contribution in [2.24, 2.45) is 0 Å². The first-order chi connectivity index (χ1) is 16.5. The fourth-order valence-corrected chi connectivity index (χ4v) is 4.55. The van der Waals surface area contributed by atoms with Crippen LogP contribution in [0.3, 0.4) is 0 Å². The second-order valence-electron chi connectivity index (χ2n) is 8.14. The van der Waals surface area contributed by atoms with Gasteiger partial charge in [0.05, 0.1) is 16.9 Å². The number of benzene rings is 3. The zero-order valence-corrected chi connectivity index (χ0v) is 22.9. The smallest absolute Gasteiger partial charge is 0.545 e. The second-order valence-corrected chi connectivity index (χ2v) is 9.02. The number of rotatable bonds is 6. The van der Waals surface area contributed by atoms with E-state index in [1.165, 1.54) is 11.0 Å². The molecule has 5 aromatic rings. The van der Waals surface area contributed by atoms with Crippen LogP contribution < -0.4 is 39.4 Å². The quantitative estimate of drug-likeness (QED) is 0.269. The van der Waals surface area contributed by atoms with Crippen molar-refractivity contribution in [3.8, 4) is 17.2 Å². The van der Waals surface area contributed by atoms with Crippen LogP contribution >= 0.6 is 11.8 Å². The molecule has 0 saturated heterocycles. The fourth-order valence-electron chi connectivity index (χ4n) is 4.14. The third-order valence-corrected chi connectivity index (χ3v) is 6.72. The van der Waals surface area contributed by atoms with Crippen molar-refractivity contribution in [1.29, 1.82) is 0 Å². The van der Waals surface area contributed by atoms with Crippen LogP contribution in [-0.2, 0) is 6.61 Å². The standard InChI is InChI=1S/C28H23NO4S.Na/c1-16-8-13-24(32-15-18-9-11-19(34-3)12-10-18)25-21(28(30)31)14-22(29-26(16)25)27-17(2)20-6-4-5-7-23(20)33-27;/h4-14H,15H2,1-3H3,(H,30,31);/q;+1/p-1. The number of fused-ring (bicyclic) bond motifs is 2. The minimum atomic E-state index is -1.29. The number of carbonyl (C=O) groups is 1. The first-order valence-corrected chi connectivity index (χ1v) is 12.1. The molecule has 0 unspecified atom stereocenters. The van der Waals surface area contributed by atoms with E-state index in [-0.39, 0.29) is 35.1 Å². The summed E-state index contributed by atoms with van der Waals surface area (Å²) in [6, 6.07) is 21.0. The normalized spacial score (nSPS) is 10.9. The first kappa shape index (κ1) is 25.3. The number of para-hydroxylation sites is 1. The van der Waals surface area contributed by atoms with Crippen LogP contribution in [0.25, 0.3) is 33.3 Å². The number of pyridine rings is 1. The molecular formula is C28H22NNaO4S. The van der Waals surface area contributed by atoms with Gasteiger partial charge in [-0.15, -0.1) is 11.8 Å². The molecule has 0 N–H and O–H groups in total. The van der Waals surface area contributed by atoms with Gasteiger partial charge in [0.25, 0.3) is 0 Å². The van der Waals surface area contributed by atoms with Gasteiger partial charge >= 0.3 is 29.6 Å². The Hall–Kier alpha value is -2.77. The molecule has 0 aliphatic heterocycles. The Morgan fingerprint density at radius 2 is 1.80 bits per heavy atom. The van der Waals surface area contributed by atoms with Crippen LogP contribution in [-0.4, -0.2) is 17.2 Å². The topological polar surface area (TPSA) is 75.4 Å². The Kier molecular flexibility index (Phi) is 7.57. The monoisotopic (exact) mass is 491 g/mol. The average Bonchev–Trinajstić information content (AvgIpc) is 3.20. The van der Waals surface area contributed by atoms with Crippen LogP contribution in [0, 0.1) is 13.8 Å². The van der Waals surface area contributed by atoms with Gasteiger partial charge in [0.1, 0.15) is 23.6 Å². The summed E-state index contributed by atoms with van der Waals surface area (Å²) in [5.41, 5.74) is 4.49.